The summed E-state index contributed by atoms with van der Waals surface area (Å²) in [5.74, 6) is 0. The summed E-state index contributed by atoms with van der Waals surface area (Å²) in [6.45, 7) is 0.921. The molecule has 1 aromatic heterocycles. The van der Waals surface area contributed by atoms with Crippen LogP contribution in [0.25, 0.3) is 0 Å². The first-order valence-corrected chi connectivity index (χ1v) is 6.69. The van der Waals surface area contributed by atoms with Crippen molar-refractivity contribution in [3.8, 4) is 0 Å². The molecule has 0 amide bonds. The second-order valence-corrected chi connectivity index (χ2v) is 4.97. The van der Waals surface area contributed by atoms with E-state index >= 15 is 0 Å². The fourth-order valence-corrected chi connectivity index (χ4v) is 2.08. The van der Waals surface area contributed by atoms with Gasteiger partial charge in [0.15, 0.2) is 0 Å². The molecule has 0 fully saturated rings. The summed E-state index contributed by atoms with van der Waals surface area (Å²) in [5, 5.41) is 26.8. The van der Waals surface area contributed by atoms with Crippen molar-refractivity contribution in [2.75, 3.05) is 11.9 Å². The third-order valence-corrected chi connectivity index (χ3v) is 3.34. The molecule has 0 saturated heterocycles. The van der Waals surface area contributed by atoms with Crippen molar-refractivity contribution >= 4 is 27.3 Å². The van der Waals surface area contributed by atoms with Gasteiger partial charge in [-0.3, -0.25) is 14.8 Å². The molecule has 0 spiro atoms. The lowest BCUT2D eigenvalue weighted by atomic mass is 10.2. The number of hydrogen-bond donors (Lipinski definition) is 2. The van der Waals surface area contributed by atoms with Crippen molar-refractivity contribution in [2.45, 2.75) is 13.1 Å². The van der Waals surface area contributed by atoms with Gasteiger partial charge >= 0.3 is 0 Å². The molecule has 0 aliphatic carbocycles. The standard InChI is InChI=1S/C12H13BrN4O3/c13-11-2-1-9(5-12(11)17(19)20)6-14-10-7-15-16(8-10)3-4-18/h1-2,5,7-8,14,18H,3-4,6H2. The number of nitrogens with zero attached hydrogens (tertiary/aromatic N) is 3. The highest BCUT2D eigenvalue weighted by Crippen LogP contribution is 2.25. The maximum absolute atomic E-state index is 10.8. The van der Waals surface area contributed by atoms with Crippen molar-refractivity contribution < 1.29 is 10.0 Å². The van der Waals surface area contributed by atoms with Gasteiger partial charge in [-0.25, -0.2) is 0 Å². The molecule has 1 aromatic carbocycles. The lowest BCUT2D eigenvalue weighted by Gasteiger charge is -2.04. The number of halogens is 1. The number of anilines is 1. The van der Waals surface area contributed by atoms with Crippen LogP contribution in [0.2, 0.25) is 0 Å². The van der Waals surface area contributed by atoms with Crippen molar-refractivity contribution in [3.05, 3.63) is 50.7 Å². The Bertz CT molecular complexity index is 614. The molecule has 7 nitrogen and oxygen atoms in total. The second-order valence-electron chi connectivity index (χ2n) is 4.11. The molecule has 20 heavy (non-hydrogen) atoms. The zero-order chi connectivity index (χ0) is 14.5. The van der Waals surface area contributed by atoms with Crippen LogP contribution in [0.15, 0.2) is 35.1 Å². The van der Waals surface area contributed by atoms with Crippen LogP contribution in [0.3, 0.4) is 0 Å². The summed E-state index contributed by atoms with van der Waals surface area (Å²) in [4.78, 5) is 10.4. The zero-order valence-electron chi connectivity index (χ0n) is 10.5. The van der Waals surface area contributed by atoms with Gasteiger partial charge in [-0.2, -0.15) is 5.10 Å². The van der Waals surface area contributed by atoms with Crippen molar-refractivity contribution in [1.29, 1.82) is 0 Å². The Morgan fingerprint density at radius 3 is 3.00 bits per heavy atom. The van der Waals surface area contributed by atoms with E-state index in [4.69, 9.17) is 5.11 Å². The summed E-state index contributed by atoms with van der Waals surface area (Å²) in [7, 11) is 0. The number of benzene rings is 1. The largest absolute Gasteiger partial charge is 0.394 e. The normalized spacial score (nSPS) is 10.5. The highest BCUT2D eigenvalue weighted by atomic mass is 79.9. The number of aliphatic hydroxyl groups excluding tert-OH is 1. The Kier molecular flexibility index (Phi) is 4.70. The number of aromatic nitrogens is 2. The van der Waals surface area contributed by atoms with Crippen LogP contribution in [0.5, 0.6) is 0 Å². The molecular formula is C12H13BrN4O3. The summed E-state index contributed by atoms with van der Waals surface area (Å²) in [5.41, 5.74) is 1.64. The van der Waals surface area contributed by atoms with Gasteiger partial charge in [0.1, 0.15) is 0 Å². The summed E-state index contributed by atoms with van der Waals surface area (Å²) in [6, 6.07) is 4.99. The lowest BCUT2D eigenvalue weighted by molar-refractivity contribution is -0.385. The molecule has 0 aliphatic rings. The molecule has 2 aromatic rings. The number of rotatable bonds is 6. The van der Waals surface area contributed by atoms with E-state index in [9.17, 15) is 10.1 Å². The van der Waals surface area contributed by atoms with Gasteiger partial charge in [-0.15, -0.1) is 0 Å². The minimum atomic E-state index is -0.424. The smallest absolute Gasteiger partial charge is 0.283 e. The summed E-state index contributed by atoms with van der Waals surface area (Å²) < 4.78 is 2.08. The Hall–Kier alpha value is -1.93. The fourth-order valence-electron chi connectivity index (χ4n) is 1.69. The maximum Gasteiger partial charge on any atom is 0.283 e. The number of nitro groups is 1. The average Bonchev–Trinajstić information content (AvgIpc) is 2.86. The number of hydrogen-bond acceptors (Lipinski definition) is 5. The van der Waals surface area contributed by atoms with Crippen LogP contribution < -0.4 is 5.32 Å². The molecule has 0 unspecified atom stereocenters. The van der Waals surface area contributed by atoms with E-state index < -0.39 is 4.92 Å². The molecule has 1 heterocycles. The Morgan fingerprint density at radius 2 is 2.30 bits per heavy atom. The van der Waals surface area contributed by atoms with E-state index in [1.165, 1.54) is 6.07 Å². The Labute approximate surface area is 123 Å². The SMILES string of the molecule is O=[N+]([O-])c1cc(CNc2cnn(CCO)c2)ccc1Br. The lowest BCUT2D eigenvalue weighted by Crippen LogP contribution is -2.02. The first kappa shape index (κ1) is 14.5. The van der Waals surface area contributed by atoms with Crippen LogP contribution in [-0.4, -0.2) is 26.4 Å². The molecule has 2 N–H and O–H groups in total. The third kappa shape index (κ3) is 3.55. The molecule has 0 radical (unpaired) electrons. The predicted octanol–water partition coefficient (Wildman–Crippen LogP) is 2.16. The third-order valence-electron chi connectivity index (χ3n) is 2.67. The summed E-state index contributed by atoms with van der Waals surface area (Å²) in [6.07, 6.45) is 3.41. The van der Waals surface area contributed by atoms with Crippen LogP contribution in [0, 0.1) is 10.1 Å². The first-order chi connectivity index (χ1) is 9.60. The van der Waals surface area contributed by atoms with E-state index in [1.807, 2.05) is 6.07 Å². The first-order valence-electron chi connectivity index (χ1n) is 5.90. The minimum absolute atomic E-state index is 0.0278. The van der Waals surface area contributed by atoms with Gasteiger partial charge in [0.05, 0.1) is 34.4 Å². The van der Waals surface area contributed by atoms with Gasteiger partial charge in [0.2, 0.25) is 0 Å². The maximum atomic E-state index is 10.8. The van der Waals surface area contributed by atoms with E-state index in [2.05, 4.69) is 26.3 Å². The number of aliphatic hydroxyl groups is 1. The monoisotopic (exact) mass is 340 g/mol. The molecular weight excluding hydrogens is 328 g/mol. The molecule has 0 atom stereocenters. The van der Waals surface area contributed by atoms with Crippen LogP contribution in [0.4, 0.5) is 11.4 Å². The highest BCUT2D eigenvalue weighted by molar-refractivity contribution is 9.10. The van der Waals surface area contributed by atoms with Crippen LogP contribution in [0.1, 0.15) is 5.56 Å². The molecule has 0 bridgehead atoms. The Morgan fingerprint density at radius 1 is 1.50 bits per heavy atom. The van der Waals surface area contributed by atoms with E-state index in [-0.39, 0.29) is 12.3 Å². The van der Waals surface area contributed by atoms with Gasteiger partial charge in [-0.05, 0) is 27.6 Å². The molecule has 2 rings (SSSR count). The molecule has 0 saturated carbocycles. The van der Waals surface area contributed by atoms with Crippen molar-refractivity contribution in [3.63, 3.8) is 0 Å². The predicted molar refractivity (Wildman–Crippen MR) is 77.4 cm³/mol. The molecule has 8 heteroatoms. The van der Waals surface area contributed by atoms with E-state index in [0.717, 1.165) is 11.3 Å². The van der Waals surface area contributed by atoms with Gasteiger partial charge in [0.25, 0.3) is 5.69 Å². The zero-order valence-corrected chi connectivity index (χ0v) is 12.1. The van der Waals surface area contributed by atoms with Crippen LogP contribution in [-0.2, 0) is 13.1 Å². The summed E-state index contributed by atoms with van der Waals surface area (Å²) >= 11 is 3.15. The van der Waals surface area contributed by atoms with Crippen molar-refractivity contribution in [2.24, 2.45) is 0 Å². The van der Waals surface area contributed by atoms with E-state index in [1.54, 1.807) is 23.1 Å². The molecule has 106 valence electrons. The number of nitro benzene ring substituents is 1. The highest BCUT2D eigenvalue weighted by Gasteiger charge is 2.12. The Balaban J connectivity index is 2.03. The van der Waals surface area contributed by atoms with Gasteiger partial charge in [0, 0.05) is 18.8 Å². The van der Waals surface area contributed by atoms with Crippen LogP contribution >= 0.6 is 15.9 Å². The second kappa shape index (κ2) is 6.49. The number of nitrogens with one attached hydrogen (secondary N) is 1. The van der Waals surface area contributed by atoms with Gasteiger partial charge in [-0.1, -0.05) is 6.07 Å². The topological polar surface area (TPSA) is 93.2 Å². The van der Waals surface area contributed by atoms with E-state index in [0.29, 0.717) is 17.6 Å². The van der Waals surface area contributed by atoms with Gasteiger partial charge < -0.3 is 10.4 Å². The minimum Gasteiger partial charge on any atom is -0.394 e. The fraction of sp³-hybridized carbons (Fsp3) is 0.250. The quantitative estimate of drug-likeness (QED) is 0.620. The molecule has 0 aliphatic heterocycles. The van der Waals surface area contributed by atoms with Crippen molar-refractivity contribution in [1.82, 2.24) is 9.78 Å². The average molecular weight is 341 g/mol.